The number of nitrogens with zero attached hydrogens (tertiary/aromatic N) is 3. The van der Waals surface area contributed by atoms with E-state index in [0.717, 1.165) is 35.2 Å². The number of pyridine rings is 2. The minimum atomic E-state index is -2.97. The third-order valence-corrected chi connectivity index (χ3v) is 6.95. The normalized spacial score (nSPS) is 15.8. The number of halogens is 1. The largest absolute Gasteiger partial charge is 0.355 e. The minimum absolute atomic E-state index is 0.257. The second-order valence-electron chi connectivity index (χ2n) is 6.67. The molecule has 8 heteroatoms. The van der Waals surface area contributed by atoms with Crippen molar-refractivity contribution in [2.24, 2.45) is 5.92 Å². The lowest BCUT2D eigenvalue weighted by Crippen LogP contribution is -2.49. The van der Waals surface area contributed by atoms with Crippen LogP contribution in [0, 0.1) is 5.92 Å². The lowest BCUT2D eigenvalue weighted by Gasteiger charge is -2.41. The maximum Gasteiger partial charge on any atom is 0.330 e. The van der Waals surface area contributed by atoms with E-state index in [4.69, 9.17) is 20.6 Å². The molecule has 136 valence electrons. The molecule has 6 nitrogen and oxygen atoms in total. The van der Waals surface area contributed by atoms with Gasteiger partial charge in [-0.05, 0) is 22.9 Å². The molecule has 0 radical (unpaired) electrons. The molecule has 1 aliphatic heterocycles. The molecule has 2 aromatic rings. The Morgan fingerprint density at radius 2 is 1.92 bits per heavy atom. The van der Waals surface area contributed by atoms with Gasteiger partial charge in [0.25, 0.3) is 0 Å². The number of aromatic nitrogens is 2. The number of hydrogen-bond donors (Lipinski definition) is 0. The van der Waals surface area contributed by atoms with Crippen LogP contribution in [0.1, 0.15) is 25.3 Å². The van der Waals surface area contributed by atoms with Crippen molar-refractivity contribution < 1.29 is 13.6 Å². The van der Waals surface area contributed by atoms with E-state index in [-0.39, 0.29) is 5.92 Å². The van der Waals surface area contributed by atoms with Crippen molar-refractivity contribution in [2.75, 3.05) is 38.4 Å². The molecule has 0 spiro atoms. The zero-order valence-electron chi connectivity index (χ0n) is 14.9. The Kier molecular flexibility index (Phi) is 5.35. The van der Waals surface area contributed by atoms with Crippen molar-refractivity contribution in [1.29, 1.82) is 0 Å². The van der Waals surface area contributed by atoms with Crippen LogP contribution in [0.3, 0.4) is 0 Å². The first-order chi connectivity index (χ1) is 11.9. The maximum atomic E-state index is 12.3. The summed E-state index contributed by atoms with van der Waals surface area (Å²) in [7, 11) is -0.120. The van der Waals surface area contributed by atoms with Crippen LogP contribution in [0.5, 0.6) is 0 Å². The summed E-state index contributed by atoms with van der Waals surface area (Å²) >= 11 is 6.10. The monoisotopic (exact) mass is 383 g/mol. The van der Waals surface area contributed by atoms with Crippen LogP contribution in [0.15, 0.2) is 18.5 Å². The molecule has 0 saturated carbocycles. The molecule has 1 fully saturated rings. The average Bonchev–Trinajstić information content (AvgIpc) is 2.56. The Morgan fingerprint density at radius 3 is 2.52 bits per heavy atom. The number of rotatable bonds is 6. The van der Waals surface area contributed by atoms with Crippen LogP contribution in [0.2, 0.25) is 5.15 Å². The molecule has 1 saturated heterocycles. The molecule has 0 atom stereocenters. The first kappa shape index (κ1) is 18.6. The van der Waals surface area contributed by atoms with Crippen LogP contribution in [0.4, 0.5) is 5.82 Å². The van der Waals surface area contributed by atoms with E-state index < -0.39 is 7.60 Å². The van der Waals surface area contributed by atoms with E-state index in [2.05, 4.69) is 28.7 Å². The van der Waals surface area contributed by atoms with Crippen molar-refractivity contribution in [3.63, 3.8) is 0 Å². The standard InChI is InChI=1S/C17H23ClN3O3P/c1-11(2)14-6-20-17(15-7-19-16(18)5-13(14)15)21-8-12(9-21)10-25(22,23-3)24-4/h5-7,11-12H,8-10H2,1-4H3. The third-order valence-electron chi connectivity index (χ3n) is 4.67. The Labute approximate surface area is 153 Å². The van der Waals surface area contributed by atoms with Gasteiger partial charge in [0, 0.05) is 51.0 Å². The summed E-state index contributed by atoms with van der Waals surface area (Å²) in [5.41, 5.74) is 1.16. The van der Waals surface area contributed by atoms with Crippen molar-refractivity contribution in [3.8, 4) is 0 Å². The Balaban J connectivity index is 1.85. The van der Waals surface area contributed by atoms with Crippen molar-refractivity contribution >= 4 is 35.8 Å². The molecule has 2 aromatic heterocycles. The Hall–Kier alpha value is -1.20. The van der Waals surface area contributed by atoms with Gasteiger partial charge in [0.15, 0.2) is 0 Å². The van der Waals surface area contributed by atoms with E-state index in [9.17, 15) is 4.57 Å². The summed E-state index contributed by atoms with van der Waals surface area (Å²) in [6.07, 6.45) is 4.12. The van der Waals surface area contributed by atoms with E-state index in [1.165, 1.54) is 14.2 Å². The van der Waals surface area contributed by atoms with Gasteiger partial charge in [-0.15, -0.1) is 0 Å². The highest BCUT2D eigenvalue weighted by Crippen LogP contribution is 2.49. The summed E-state index contributed by atoms with van der Waals surface area (Å²) in [4.78, 5) is 11.1. The van der Waals surface area contributed by atoms with Gasteiger partial charge in [-0.25, -0.2) is 9.97 Å². The molecular formula is C17H23ClN3O3P. The van der Waals surface area contributed by atoms with Crippen LogP contribution >= 0.6 is 19.2 Å². The highest BCUT2D eigenvalue weighted by atomic mass is 35.5. The fourth-order valence-corrected chi connectivity index (χ4v) is 4.70. The van der Waals surface area contributed by atoms with Crippen molar-refractivity contribution in [3.05, 3.63) is 29.2 Å². The van der Waals surface area contributed by atoms with E-state index in [1.54, 1.807) is 6.20 Å². The van der Waals surface area contributed by atoms with Crippen LogP contribution in [-0.4, -0.2) is 43.4 Å². The lowest BCUT2D eigenvalue weighted by atomic mass is 9.97. The van der Waals surface area contributed by atoms with Crippen LogP contribution in [0.25, 0.3) is 10.8 Å². The third kappa shape index (κ3) is 3.68. The fraction of sp³-hybridized carbons (Fsp3) is 0.529. The second kappa shape index (κ2) is 7.20. The van der Waals surface area contributed by atoms with Gasteiger partial charge >= 0.3 is 7.60 Å². The second-order valence-corrected chi connectivity index (χ2v) is 9.38. The highest BCUT2D eigenvalue weighted by molar-refractivity contribution is 7.53. The summed E-state index contributed by atoms with van der Waals surface area (Å²) in [6, 6.07) is 1.90. The molecule has 3 rings (SSSR count). The number of hydrogen-bond acceptors (Lipinski definition) is 6. The maximum absolute atomic E-state index is 12.3. The van der Waals surface area contributed by atoms with E-state index in [0.29, 0.717) is 17.2 Å². The zero-order chi connectivity index (χ0) is 18.2. The minimum Gasteiger partial charge on any atom is -0.355 e. The summed E-state index contributed by atoms with van der Waals surface area (Å²) in [5, 5.41) is 2.56. The van der Waals surface area contributed by atoms with Crippen molar-refractivity contribution in [1.82, 2.24) is 9.97 Å². The summed E-state index contributed by atoms with van der Waals surface area (Å²) < 4.78 is 22.3. The SMILES string of the molecule is COP(=O)(CC1CN(c2ncc(C(C)C)c3cc(Cl)ncc23)C1)OC. The fourth-order valence-electron chi connectivity index (χ4n) is 3.23. The quantitative estimate of drug-likeness (QED) is 0.546. The molecule has 0 aliphatic carbocycles. The molecular weight excluding hydrogens is 361 g/mol. The van der Waals surface area contributed by atoms with Crippen LogP contribution < -0.4 is 4.90 Å². The number of fused-ring (bicyclic) bond motifs is 1. The number of anilines is 1. The topological polar surface area (TPSA) is 64.5 Å². The van der Waals surface area contributed by atoms with Gasteiger partial charge in [0.05, 0.1) is 6.16 Å². The molecule has 25 heavy (non-hydrogen) atoms. The van der Waals surface area contributed by atoms with Gasteiger partial charge in [0.1, 0.15) is 11.0 Å². The van der Waals surface area contributed by atoms with Gasteiger partial charge in [0.2, 0.25) is 0 Å². The smallest absolute Gasteiger partial charge is 0.330 e. The zero-order valence-corrected chi connectivity index (χ0v) is 16.5. The molecule has 0 N–H and O–H groups in total. The Morgan fingerprint density at radius 1 is 1.24 bits per heavy atom. The molecule has 0 amide bonds. The highest BCUT2D eigenvalue weighted by Gasteiger charge is 2.36. The summed E-state index contributed by atoms with van der Waals surface area (Å²) in [5.74, 6) is 1.50. The van der Waals surface area contributed by atoms with E-state index >= 15 is 0 Å². The average molecular weight is 384 g/mol. The van der Waals surface area contributed by atoms with Gasteiger partial charge in [-0.3, -0.25) is 4.57 Å². The summed E-state index contributed by atoms with van der Waals surface area (Å²) in [6.45, 7) is 5.80. The van der Waals surface area contributed by atoms with Gasteiger partial charge < -0.3 is 13.9 Å². The van der Waals surface area contributed by atoms with Gasteiger partial charge in [-0.2, -0.15) is 0 Å². The predicted octanol–water partition coefficient (Wildman–Crippen LogP) is 4.33. The molecule has 3 heterocycles. The van der Waals surface area contributed by atoms with Gasteiger partial charge in [-0.1, -0.05) is 25.4 Å². The first-order valence-electron chi connectivity index (χ1n) is 8.26. The predicted molar refractivity (Wildman–Crippen MR) is 101 cm³/mol. The van der Waals surface area contributed by atoms with Crippen LogP contribution in [-0.2, 0) is 13.6 Å². The lowest BCUT2D eigenvalue weighted by molar-refractivity contribution is 0.265. The van der Waals surface area contributed by atoms with Crippen molar-refractivity contribution in [2.45, 2.75) is 19.8 Å². The first-order valence-corrected chi connectivity index (χ1v) is 10.4. The molecule has 0 unspecified atom stereocenters. The molecule has 1 aliphatic rings. The molecule has 0 bridgehead atoms. The molecule has 0 aromatic carbocycles. The van der Waals surface area contributed by atoms with E-state index in [1.807, 2.05) is 12.3 Å². The Bertz CT molecular complexity index is 816.